The molecule has 0 spiro atoms. The minimum Gasteiger partial charge on any atom is -0.393 e. The molecular weight excluding hydrogens is 140 g/mol. The van der Waals surface area contributed by atoms with Crippen LogP contribution in [0, 0.1) is 0 Å². The van der Waals surface area contributed by atoms with Gasteiger partial charge >= 0.3 is 5.97 Å². The van der Waals surface area contributed by atoms with Gasteiger partial charge in [0.2, 0.25) is 0 Å². The van der Waals surface area contributed by atoms with E-state index in [0.29, 0.717) is 0 Å². The molecule has 5 nitrogen and oxygen atoms in total. The van der Waals surface area contributed by atoms with Gasteiger partial charge in [-0.25, -0.2) is 4.79 Å². The predicted octanol–water partition coefficient (Wildman–Crippen LogP) is -1.17. The van der Waals surface area contributed by atoms with Crippen molar-refractivity contribution in [3.05, 3.63) is 0 Å². The van der Waals surface area contributed by atoms with Crippen molar-refractivity contribution in [2.24, 2.45) is 0 Å². The van der Waals surface area contributed by atoms with E-state index in [4.69, 9.17) is 10.2 Å². The first kappa shape index (κ1) is 9.35. The molecule has 0 aromatic heterocycles. The Hall–Kier alpha value is -0.650. The number of carbonyl (C=O) groups excluding carboxylic acids is 1. The zero-order valence-electron chi connectivity index (χ0n) is 5.61. The molecule has 0 fully saturated rings. The van der Waals surface area contributed by atoms with Gasteiger partial charge in [-0.05, 0) is 0 Å². The highest BCUT2D eigenvalue weighted by Crippen LogP contribution is 1.90. The van der Waals surface area contributed by atoms with E-state index < -0.39 is 12.1 Å². The van der Waals surface area contributed by atoms with Crippen LogP contribution in [0.1, 0.15) is 6.92 Å². The van der Waals surface area contributed by atoms with E-state index in [1.807, 2.05) is 0 Å². The SMILES string of the molecule is CC(=O)OOC(CO)CO. The molecule has 0 unspecified atom stereocenters. The molecule has 0 aliphatic rings. The standard InChI is InChI=1S/C5H10O5/c1-4(8)9-10-5(2-6)3-7/h5-7H,2-3H2,1H3. The Morgan fingerprint density at radius 2 is 2.00 bits per heavy atom. The van der Waals surface area contributed by atoms with Crippen LogP contribution < -0.4 is 0 Å². The lowest BCUT2D eigenvalue weighted by molar-refractivity contribution is -0.305. The maximum absolute atomic E-state index is 10.1. The number of aliphatic hydroxyl groups excluding tert-OH is 2. The molecule has 0 radical (unpaired) electrons. The Kier molecular flexibility index (Phi) is 4.82. The van der Waals surface area contributed by atoms with Crippen molar-refractivity contribution in [1.82, 2.24) is 0 Å². The van der Waals surface area contributed by atoms with Gasteiger partial charge in [-0.3, -0.25) is 4.89 Å². The molecule has 0 atom stereocenters. The summed E-state index contributed by atoms with van der Waals surface area (Å²) in [5.74, 6) is -0.619. The Labute approximate surface area is 58.1 Å². The molecule has 0 aromatic rings. The average molecular weight is 150 g/mol. The van der Waals surface area contributed by atoms with E-state index in [1.54, 1.807) is 0 Å². The summed E-state index contributed by atoms with van der Waals surface area (Å²) in [6, 6.07) is 0. The second-order valence-corrected chi connectivity index (χ2v) is 1.66. The van der Waals surface area contributed by atoms with Crippen LogP contribution in [-0.4, -0.2) is 35.5 Å². The fourth-order valence-corrected chi connectivity index (χ4v) is 0.254. The van der Waals surface area contributed by atoms with Crippen molar-refractivity contribution < 1.29 is 24.8 Å². The Morgan fingerprint density at radius 1 is 1.50 bits per heavy atom. The van der Waals surface area contributed by atoms with Crippen LogP contribution in [0.3, 0.4) is 0 Å². The summed E-state index contributed by atoms with van der Waals surface area (Å²) in [4.78, 5) is 18.3. The summed E-state index contributed by atoms with van der Waals surface area (Å²) in [5.41, 5.74) is 0. The third-order valence-corrected chi connectivity index (χ3v) is 0.709. The fraction of sp³-hybridized carbons (Fsp3) is 0.800. The molecule has 0 aliphatic carbocycles. The molecule has 60 valence electrons. The molecule has 0 bridgehead atoms. The third-order valence-electron chi connectivity index (χ3n) is 0.709. The topological polar surface area (TPSA) is 76.0 Å². The average Bonchev–Trinajstić information content (AvgIpc) is 1.90. The van der Waals surface area contributed by atoms with Crippen LogP contribution in [-0.2, 0) is 14.6 Å². The minimum atomic E-state index is -0.844. The van der Waals surface area contributed by atoms with E-state index in [-0.39, 0.29) is 13.2 Å². The van der Waals surface area contributed by atoms with Crippen molar-refractivity contribution in [2.45, 2.75) is 13.0 Å². The molecule has 0 rings (SSSR count). The van der Waals surface area contributed by atoms with Crippen LogP contribution in [0.4, 0.5) is 0 Å². The van der Waals surface area contributed by atoms with Crippen LogP contribution in [0.5, 0.6) is 0 Å². The highest BCUT2D eigenvalue weighted by Gasteiger charge is 2.07. The zero-order chi connectivity index (χ0) is 7.98. The summed E-state index contributed by atoms with van der Waals surface area (Å²) >= 11 is 0. The highest BCUT2D eigenvalue weighted by atomic mass is 17.2. The minimum absolute atomic E-state index is 0.385. The monoisotopic (exact) mass is 150 g/mol. The van der Waals surface area contributed by atoms with E-state index in [2.05, 4.69) is 9.78 Å². The molecular formula is C5H10O5. The molecule has 0 saturated carbocycles. The van der Waals surface area contributed by atoms with Gasteiger partial charge in [-0.1, -0.05) is 0 Å². The smallest absolute Gasteiger partial charge is 0.339 e. The van der Waals surface area contributed by atoms with E-state index in [1.165, 1.54) is 0 Å². The Morgan fingerprint density at radius 3 is 2.30 bits per heavy atom. The largest absolute Gasteiger partial charge is 0.393 e. The van der Waals surface area contributed by atoms with Gasteiger partial charge in [0.25, 0.3) is 0 Å². The predicted molar refractivity (Wildman–Crippen MR) is 30.8 cm³/mol. The van der Waals surface area contributed by atoms with Gasteiger partial charge in [-0.15, -0.1) is 0 Å². The van der Waals surface area contributed by atoms with Crippen molar-refractivity contribution in [3.8, 4) is 0 Å². The second kappa shape index (κ2) is 5.16. The molecule has 0 amide bonds. The molecule has 5 heteroatoms. The van der Waals surface area contributed by atoms with Crippen LogP contribution >= 0.6 is 0 Å². The first-order chi connectivity index (χ1) is 4.70. The maximum Gasteiger partial charge on any atom is 0.339 e. The summed E-state index contributed by atoms with van der Waals surface area (Å²) in [5, 5.41) is 16.7. The van der Waals surface area contributed by atoms with Crippen molar-refractivity contribution in [3.63, 3.8) is 0 Å². The number of carbonyl (C=O) groups is 1. The number of hydrogen-bond acceptors (Lipinski definition) is 5. The Balaban J connectivity index is 3.34. The molecule has 0 saturated heterocycles. The number of rotatable bonds is 4. The zero-order valence-corrected chi connectivity index (χ0v) is 5.61. The van der Waals surface area contributed by atoms with E-state index in [0.717, 1.165) is 6.92 Å². The summed E-state index contributed by atoms with van der Waals surface area (Å²) < 4.78 is 0. The van der Waals surface area contributed by atoms with Crippen molar-refractivity contribution >= 4 is 5.97 Å². The first-order valence-corrected chi connectivity index (χ1v) is 2.76. The molecule has 2 N–H and O–H groups in total. The van der Waals surface area contributed by atoms with Crippen LogP contribution in [0.15, 0.2) is 0 Å². The second-order valence-electron chi connectivity index (χ2n) is 1.66. The quantitative estimate of drug-likeness (QED) is 0.390. The fourth-order valence-electron chi connectivity index (χ4n) is 0.254. The van der Waals surface area contributed by atoms with Gasteiger partial charge in [0.1, 0.15) is 0 Å². The normalized spacial score (nSPS) is 10.0. The van der Waals surface area contributed by atoms with Gasteiger partial charge < -0.3 is 10.2 Å². The highest BCUT2D eigenvalue weighted by molar-refractivity contribution is 5.65. The molecule has 0 aliphatic heterocycles. The molecule has 10 heavy (non-hydrogen) atoms. The number of hydrogen-bond donors (Lipinski definition) is 2. The summed E-state index contributed by atoms with van der Waals surface area (Å²) in [6.45, 7) is 0.388. The third kappa shape index (κ3) is 4.25. The number of aliphatic hydroxyl groups is 2. The van der Waals surface area contributed by atoms with E-state index >= 15 is 0 Å². The van der Waals surface area contributed by atoms with Crippen LogP contribution in [0.25, 0.3) is 0 Å². The lowest BCUT2D eigenvalue weighted by Crippen LogP contribution is -2.23. The van der Waals surface area contributed by atoms with Crippen molar-refractivity contribution in [1.29, 1.82) is 0 Å². The lowest BCUT2D eigenvalue weighted by atomic mass is 10.4. The molecule has 0 aromatic carbocycles. The van der Waals surface area contributed by atoms with Gasteiger partial charge in [0.15, 0.2) is 6.10 Å². The molecule has 0 heterocycles. The summed E-state index contributed by atoms with van der Waals surface area (Å²) in [6.07, 6.45) is -0.844. The van der Waals surface area contributed by atoms with E-state index in [9.17, 15) is 4.79 Å². The summed E-state index contributed by atoms with van der Waals surface area (Å²) in [7, 11) is 0. The maximum atomic E-state index is 10.1. The van der Waals surface area contributed by atoms with Gasteiger partial charge in [0, 0.05) is 6.92 Å². The van der Waals surface area contributed by atoms with Crippen LogP contribution in [0.2, 0.25) is 0 Å². The van der Waals surface area contributed by atoms with Crippen molar-refractivity contribution in [2.75, 3.05) is 13.2 Å². The first-order valence-electron chi connectivity index (χ1n) is 2.76. The van der Waals surface area contributed by atoms with Gasteiger partial charge in [0.05, 0.1) is 13.2 Å². The Bertz CT molecular complexity index is 98.2. The lowest BCUT2D eigenvalue weighted by Gasteiger charge is -2.08. The van der Waals surface area contributed by atoms with Gasteiger partial charge in [-0.2, -0.15) is 4.89 Å².